The van der Waals surface area contributed by atoms with E-state index in [4.69, 9.17) is 0 Å². The summed E-state index contributed by atoms with van der Waals surface area (Å²) in [5, 5.41) is 3.31. The lowest BCUT2D eigenvalue weighted by molar-refractivity contribution is 0.348. The number of hydrogen-bond donors (Lipinski definition) is 1. The second kappa shape index (κ2) is 3.58. The zero-order chi connectivity index (χ0) is 8.39. The van der Waals surface area contributed by atoms with Crippen LogP contribution in [0, 0.1) is 5.92 Å². The van der Waals surface area contributed by atoms with E-state index in [9.17, 15) is 0 Å². The van der Waals surface area contributed by atoms with Crippen LogP contribution in [0.15, 0.2) is 12.1 Å². The summed E-state index contributed by atoms with van der Waals surface area (Å²) in [4.78, 5) is 3.09. The molecule has 12 heavy (non-hydrogen) atoms. The molecule has 0 bridgehead atoms. The molecule has 1 saturated heterocycles. The Balaban J connectivity index is 1.93. The second-order valence-corrected chi connectivity index (χ2v) is 4.70. The van der Waals surface area contributed by atoms with Crippen LogP contribution in [0.4, 0.5) is 0 Å². The molecule has 2 heteroatoms. The summed E-state index contributed by atoms with van der Waals surface area (Å²) in [6.07, 6.45) is 2.48. The van der Waals surface area contributed by atoms with Gasteiger partial charge in [-0.2, -0.15) is 0 Å². The van der Waals surface area contributed by atoms with Crippen LogP contribution in [-0.4, -0.2) is 13.1 Å². The molecule has 0 radical (unpaired) electrons. The van der Waals surface area contributed by atoms with E-state index in [0.29, 0.717) is 0 Å². The third kappa shape index (κ3) is 1.70. The molecular formula is C10H15NS. The van der Waals surface area contributed by atoms with Gasteiger partial charge in [-0.25, -0.2) is 0 Å². The third-order valence-electron chi connectivity index (χ3n) is 2.42. The maximum Gasteiger partial charge on any atom is 0.00519 e. The molecule has 0 aliphatic carbocycles. The highest BCUT2D eigenvalue weighted by Gasteiger charge is 2.17. The van der Waals surface area contributed by atoms with Gasteiger partial charge in [-0.15, -0.1) is 11.3 Å². The highest BCUT2D eigenvalue weighted by Crippen LogP contribution is 2.21. The molecule has 2 rings (SSSR count). The van der Waals surface area contributed by atoms with Crippen LogP contribution in [0.5, 0.6) is 0 Å². The van der Waals surface area contributed by atoms with Gasteiger partial charge in [0.15, 0.2) is 0 Å². The number of thiophene rings is 1. The van der Waals surface area contributed by atoms with Crippen LogP contribution < -0.4 is 5.32 Å². The number of aryl methyl sites for hydroxylation is 1. The maximum atomic E-state index is 3.31. The van der Waals surface area contributed by atoms with Crippen molar-refractivity contribution in [2.75, 3.05) is 13.1 Å². The smallest absolute Gasteiger partial charge is 0.00519 e. The van der Waals surface area contributed by atoms with Gasteiger partial charge in [0.05, 0.1) is 0 Å². The van der Waals surface area contributed by atoms with Gasteiger partial charge in [0.2, 0.25) is 0 Å². The number of rotatable bonds is 3. The Labute approximate surface area is 77.8 Å². The van der Waals surface area contributed by atoms with Crippen molar-refractivity contribution in [3.63, 3.8) is 0 Å². The molecule has 1 nitrogen and oxygen atoms in total. The highest BCUT2D eigenvalue weighted by atomic mass is 32.1. The molecular weight excluding hydrogens is 166 g/mol. The summed E-state index contributed by atoms with van der Waals surface area (Å²) in [7, 11) is 0. The molecule has 1 aromatic heterocycles. The Kier molecular flexibility index (Phi) is 2.47. The Morgan fingerprint density at radius 3 is 2.67 bits per heavy atom. The van der Waals surface area contributed by atoms with Crippen LogP contribution >= 0.6 is 11.3 Å². The van der Waals surface area contributed by atoms with Crippen LogP contribution in [0.25, 0.3) is 0 Å². The minimum absolute atomic E-state index is 0.911. The van der Waals surface area contributed by atoms with Gasteiger partial charge < -0.3 is 5.32 Å². The van der Waals surface area contributed by atoms with Gasteiger partial charge >= 0.3 is 0 Å². The van der Waals surface area contributed by atoms with Crippen molar-refractivity contribution in [2.24, 2.45) is 5.92 Å². The molecule has 0 spiro atoms. The first kappa shape index (κ1) is 8.27. The Morgan fingerprint density at radius 1 is 1.42 bits per heavy atom. The fraction of sp³-hybridized carbons (Fsp3) is 0.600. The fourth-order valence-corrected chi connectivity index (χ4v) is 2.57. The molecule has 0 atom stereocenters. The first-order valence-electron chi connectivity index (χ1n) is 4.66. The van der Waals surface area contributed by atoms with E-state index in [2.05, 4.69) is 24.4 Å². The second-order valence-electron chi connectivity index (χ2n) is 3.45. The number of hydrogen-bond acceptors (Lipinski definition) is 2. The minimum Gasteiger partial charge on any atom is -0.316 e. The van der Waals surface area contributed by atoms with Gasteiger partial charge in [-0.3, -0.25) is 0 Å². The molecule has 1 N–H and O–H groups in total. The first-order valence-corrected chi connectivity index (χ1v) is 5.48. The van der Waals surface area contributed by atoms with Crippen LogP contribution in [0.3, 0.4) is 0 Å². The summed E-state index contributed by atoms with van der Waals surface area (Å²) >= 11 is 1.98. The van der Waals surface area contributed by atoms with Crippen molar-refractivity contribution in [3.05, 3.63) is 21.9 Å². The van der Waals surface area contributed by atoms with Gasteiger partial charge in [0, 0.05) is 9.75 Å². The molecule has 0 amide bonds. The Bertz CT molecular complexity index is 250. The van der Waals surface area contributed by atoms with E-state index >= 15 is 0 Å². The van der Waals surface area contributed by atoms with Crippen LogP contribution in [0.1, 0.15) is 16.7 Å². The third-order valence-corrected chi connectivity index (χ3v) is 3.67. The van der Waals surface area contributed by atoms with E-state index in [-0.39, 0.29) is 0 Å². The van der Waals surface area contributed by atoms with Gasteiger partial charge in [-0.1, -0.05) is 6.92 Å². The zero-order valence-corrected chi connectivity index (χ0v) is 8.29. The molecule has 2 heterocycles. The zero-order valence-electron chi connectivity index (χ0n) is 7.47. The fourth-order valence-electron chi connectivity index (χ4n) is 1.50. The van der Waals surface area contributed by atoms with E-state index in [1.807, 2.05) is 11.3 Å². The predicted molar refractivity (Wildman–Crippen MR) is 53.8 cm³/mol. The van der Waals surface area contributed by atoms with E-state index in [1.54, 1.807) is 4.88 Å². The molecule has 1 aliphatic heterocycles. The monoisotopic (exact) mass is 181 g/mol. The molecule has 0 unspecified atom stereocenters. The highest BCUT2D eigenvalue weighted by molar-refractivity contribution is 7.11. The van der Waals surface area contributed by atoms with Crippen molar-refractivity contribution in [2.45, 2.75) is 19.8 Å². The van der Waals surface area contributed by atoms with Crippen molar-refractivity contribution >= 4 is 11.3 Å². The average Bonchev–Trinajstić information content (AvgIpc) is 2.44. The summed E-state index contributed by atoms with van der Waals surface area (Å²) in [5.41, 5.74) is 0. The normalized spacial score (nSPS) is 17.8. The van der Waals surface area contributed by atoms with Crippen molar-refractivity contribution in [3.8, 4) is 0 Å². The summed E-state index contributed by atoms with van der Waals surface area (Å²) in [6, 6.07) is 4.56. The quantitative estimate of drug-likeness (QED) is 0.752. The maximum absolute atomic E-state index is 3.31. The van der Waals surface area contributed by atoms with Crippen LogP contribution in [-0.2, 0) is 12.8 Å². The predicted octanol–water partition coefficient (Wildman–Crippen LogP) is 2.07. The lowest BCUT2D eigenvalue weighted by Gasteiger charge is -2.26. The SMILES string of the molecule is CCc1ccc(CC2CNC2)s1. The van der Waals surface area contributed by atoms with Crippen molar-refractivity contribution in [1.29, 1.82) is 0 Å². The molecule has 1 fully saturated rings. The molecule has 66 valence electrons. The summed E-state index contributed by atoms with van der Waals surface area (Å²) < 4.78 is 0. The topological polar surface area (TPSA) is 12.0 Å². The molecule has 1 aliphatic rings. The number of nitrogens with one attached hydrogen (secondary N) is 1. The van der Waals surface area contributed by atoms with Gasteiger partial charge in [0.25, 0.3) is 0 Å². The van der Waals surface area contributed by atoms with Gasteiger partial charge in [-0.05, 0) is 44.0 Å². The minimum atomic E-state index is 0.911. The molecule has 0 aromatic carbocycles. The lowest BCUT2D eigenvalue weighted by Crippen LogP contribution is -2.42. The van der Waals surface area contributed by atoms with Gasteiger partial charge in [0.1, 0.15) is 0 Å². The van der Waals surface area contributed by atoms with E-state index in [1.165, 1.54) is 30.8 Å². The first-order chi connectivity index (χ1) is 5.88. The van der Waals surface area contributed by atoms with Crippen LogP contribution in [0.2, 0.25) is 0 Å². The molecule has 0 saturated carbocycles. The summed E-state index contributed by atoms with van der Waals surface area (Å²) in [5.74, 6) is 0.911. The summed E-state index contributed by atoms with van der Waals surface area (Å²) in [6.45, 7) is 4.67. The van der Waals surface area contributed by atoms with Crippen molar-refractivity contribution < 1.29 is 0 Å². The van der Waals surface area contributed by atoms with E-state index < -0.39 is 0 Å². The van der Waals surface area contributed by atoms with Crippen molar-refractivity contribution in [1.82, 2.24) is 5.32 Å². The Morgan fingerprint density at radius 2 is 2.17 bits per heavy atom. The lowest BCUT2D eigenvalue weighted by atomic mass is 9.99. The Hall–Kier alpha value is -0.340. The molecule has 1 aromatic rings. The largest absolute Gasteiger partial charge is 0.316 e. The van der Waals surface area contributed by atoms with E-state index in [0.717, 1.165) is 5.92 Å². The average molecular weight is 181 g/mol. The standard InChI is InChI=1S/C10H15NS/c1-2-9-3-4-10(12-9)5-8-6-11-7-8/h3-4,8,11H,2,5-7H2,1H3.